The molecule has 1 aliphatic heterocycles. The number of rotatable bonds is 4. The van der Waals surface area contributed by atoms with Gasteiger partial charge in [-0.25, -0.2) is 0 Å². The highest BCUT2D eigenvalue weighted by molar-refractivity contribution is 5.24. The second-order valence-electron chi connectivity index (χ2n) is 5.32. The van der Waals surface area contributed by atoms with Crippen LogP contribution in [0, 0.1) is 6.92 Å². The molecule has 1 saturated heterocycles. The Labute approximate surface area is 110 Å². The lowest BCUT2D eigenvalue weighted by Gasteiger charge is -2.29. The molecule has 3 atom stereocenters. The molecule has 1 heterocycles. The Hall–Kier alpha value is -0.900. The second kappa shape index (κ2) is 5.83. The van der Waals surface area contributed by atoms with Crippen molar-refractivity contribution < 1.29 is 4.74 Å². The first kappa shape index (κ1) is 13.5. The van der Waals surface area contributed by atoms with Gasteiger partial charge in [0, 0.05) is 32.3 Å². The van der Waals surface area contributed by atoms with Crippen molar-refractivity contribution in [3.8, 4) is 0 Å². The van der Waals surface area contributed by atoms with Crippen LogP contribution in [0.3, 0.4) is 0 Å². The largest absolute Gasteiger partial charge is 0.380 e. The fourth-order valence-corrected chi connectivity index (χ4v) is 2.61. The summed E-state index contributed by atoms with van der Waals surface area (Å²) in [7, 11) is 1.79. The normalized spacial score (nSPS) is 24.1. The molecule has 3 nitrogen and oxygen atoms in total. The van der Waals surface area contributed by atoms with Crippen LogP contribution in [0.1, 0.15) is 30.5 Å². The van der Waals surface area contributed by atoms with E-state index in [2.05, 4.69) is 43.0 Å². The number of likely N-dealkylation sites (tertiary alicyclic amines) is 1. The highest BCUT2D eigenvalue weighted by Crippen LogP contribution is 2.23. The molecule has 0 spiro atoms. The van der Waals surface area contributed by atoms with E-state index >= 15 is 0 Å². The van der Waals surface area contributed by atoms with Crippen LogP contribution >= 0.6 is 0 Å². The maximum atomic E-state index is 6.37. The Kier molecular flexibility index (Phi) is 4.38. The van der Waals surface area contributed by atoms with Gasteiger partial charge in [-0.05, 0) is 25.8 Å². The summed E-state index contributed by atoms with van der Waals surface area (Å²) in [4.78, 5) is 2.43. The molecule has 2 rings (SSSR count). The number of hydrogen-bond donors (Lipinski definition) is 1. The monoisotopic (exact) mass is 248 g/mol. The van der Waals surface area contributed by atoms with Gasteiger partial charge in [0.15, 0.2) is 0 Å². The van der Waals surface area contributed by atoms with Crippen LogP contribution in [0.4, 0.5) is 0 Å². The highest BCUT2D eigenvalue weighted by atomic mass is 16.5. The van der Waals surface area contributed by atoms with E-state index < -0.39 is 0 Å². The molecule has 1 aromatic carbocycles. The van der Waals surface area contributed by atoms with Crippen molar-refractivity contribution in [1.29, 1.82) is 0 Å². The van der Waals surface area contributed by atoms with Gasteiger partial charge < -0.3 is 10.5 Å². The molecular weight excluding hydrogens is 224 g/mol. The predicted molar refractivity (Wildman–Crippen MR) is 74.6 cm³/mol. The number of methoxy groups -OCH3 is 1. The van der Waals surface area contributed by atoms with Crippen LogP contribution in [0.5, 0.6) is 0 Å². The van der Waals surface area contributed by atoms with Crippen molar-refractivity contribution in [1.82, 2.24) is 4.90 Å². The lowest BCUT2D eigenvalue weighted by Crippen LogP contribution is -2.40. The van der Waals surface area contributed by atoms with E-state index in [1.165, 1.54) is 11.1 Å². The molecule has 0 bridgehead atoms. The van der Waals surface area contributed by atoms with Gasteiger partial charge in [-0.3, -0.25) is 4.90 Å². The third kappa shape index (κ3) is 2.91. The molecule has 1 aliphatic rings. The van der Waals surface area contributed by atoms with Crippen molar-refractivity contribution in [2.75, 3.05) is 20.2 Å². The molecule has 0 radical (unpaired) electrons. The fraction of sp³-hybridized carbons (Fsp3) is 0.600. The molecule has 0 saturated carbocycles. The van der Waals surface area contributed by atoms with E-state index in [-0.39, 0.29) is 6.04 Å². The first-order valence-corrected chi connectivity index (χ1v) is 6.71. The molecule has 1 aromatic rings. The van der Waals surface area contributed by atoms with Gasteiger partial charge in [-0.1, -0.05) is 29.8 Å². The minimum absolute atomic E-state index is 0.0706. The zero-order valence-corrected chi connectivity index (χ0v) is 11.6. The van der Waals surface area contributed by atoms with Crippen LogP contribution < -0.4 is 5.73 Å². The van der Waals surface area contributed by atoms with Crippen molar-refractivity contribution in [2.45, 2.75) is 38.5 Å². The summed E-state index contributed by atoms with van der Waals surface area (Å²) in [5.74, 6) is 0. The standard InChI is InChI=1S/C15H24N2O/c1-11-4-6-13(7-5-11)15(16)12(2)17-9-8-14(10-17)18-3/h4-7,12,14-15H,8-10,16H2,1-3H3. The van der Waals surface area contributed by atoms with Crippen molar-refractivity contribution in [2.24, 2.45) is 5.73 Å². The first-order valence-electron chi connectivity index (χ1n) is 6.71. The quantitative estimate of drug-likeness (QED) is 0.887. The summed E-state index contributed by atoms with van der Waals surface area (Å²) in [6.45, 7) is 6.39. The number of benzene rings is 1. The zero-order chi connectivity index (χ0) is 13.1. The molecule has 1 fully saturated rings. The number of nitrogens with two attached hydrogens (primary N) is 1. The third-order valence-corrected chi connectivity index (χ3v) is 4.07. The van der Waals surface area contributed by atoms with Crippen molar-refractivity contribution in [3.63, 3.8) is 0 Å². The van der Waals surface area contributed by atoms with Gasteiger partial charge in [0.05, 0.1) is 6.10 Å². The third-order valence-electron chi connectivity index (χ3n) is 4.07. The van der Waals surface area contributed by atoms with Gasteiger partial charge in [0.1, 0.15) is 0 Å². The number of aryl methyl sites for hydroxylation is 1. The van der Waals surface area contributed by atoms with Crippen LogP contribution in [0.25, 0.3) is 0 Å². The molecule has 100 valence electrons. The Morgan fingerprint density at radius 1 is 1.33 bits per heavy atom. The topological polar surface area (TPSA) is 38.5 Å². The molecule has 3 unspecified atom stereocenters. The predicted octanol–water partition coefficient (Wildman–Crippen LogP) is 2.10. The molecule has 2 N–H and O–H groups in total. The zero-order valence-electron chi connectivity index (χ0n) is 11.6. The van der Waals surface area contributed by atoms with Gasteiger partial charge in [-0.2, -0.15) is 0 Å². The first-order chi connectivity index (χ1) is 8.61. The maximum Gasteiger partial charge on any atom is 0.0710 e. The van der Waals surface area contributed by atoms with Gasteiger partial charge in [0.2, 0.25) is 0 Å². The highest BCUT2D eigenvalue weighted by Gasteiger charge is 2.29. The van der Waals surface area contributed by atoms with E-state index in [1.807, 2.05) is 0 Å². The van der Waals surface area contributed by atoms with E-state index in [4.69, 9.17) is 10.5 Å². The van der Waals surface area contributed by atoms with Crippen LogP contribution in [0.15, 0.2) is 24.3 Å². The Balaban J connectivity index is 2.00. The second-order valence-corrected chi connectivity index (χ2v) is 5.32. The maximum absolute atomic E-state index is 6.37. The minimum Gasteiger partial charge on any atom is -0.380 e. The lowest BCUT2D eigenvalue weighted by atomic mass is 9.99. The van der Waals surface area contributed by atoms with E-state index in [9.17, 15) is 0 Å². The van der Waals surface area contributed by atoms with Crippen molar-refractivity contribution >= 4 is 0 Å². The molecule has 0 amide bonds. The summed E-state index contributed by atoms with van der Waals surface area (Å²) >= 11 is 0. The summed E-state index contributed by atoms with van der Waals surface area (Å²) in [5.41, 5.74) is 8.87. The SMILES string of the molecule is COC1CCN(C(C)C(N)c2ccc(C)cc2)C1. The van der Waals surface area contributed by atoms with Gasteiger partial charge in [-0.15, -0.1) is 0 Å². The van der Waals surface area contributed by atoms with E-state index in [0.717, 1.165) is 19.5 Å². The summed E-state index contributed by atoms with van der Waals surface area (Å²) in [6.07, 6.45) is 1.49. The molecule has 0 aromatic heterocycles. The smallest absolute Gasteiger partial charge is 0.0710 e. The van der Waals surface area contributed by atoms with Crippen LogP contribution in [0.2, 0.25) is 0 Å². The average molecular weight is 248 g/mol. The Morgan fingerprint density at radius 2 is 2.00 bits per heavy atom. The molecule has 3 heteroatoms. The summed E-state index contributed by atoms with van der Waals surface area (Å²) < 4.78 is 5.41. The van der Waals surface area contributed by atoms with Gasteiger partial charge in [0.25, 0.3) is 0 Å². The number of nitrogens with zero attached hydrogens (tertiary/aromatic N) is 1. The van der Waals surface area contributed by atoms with Crippen LogP contribution in [-0.4, -0.2) is 37.2 Å². The van der Waals surface area contributed by atoms with E-state index in [1.54, 1.807) is 7.11 Å². The minimum atomic E-state index is 0.0706. The summed E-state index contributed by atoms with van der Waals surface area (Å²) in [5, 5.41) is 0. The average Bonchev–Trinajstić information content (AvgIpc) is 2.86. The Bertz CT molecular complexity index is 377. The van der Waals surface area contributed by atoms with Crippen LogP contribution in [-0.2, 0) is 4.74 Å². The molecular formula is C15H24N2O. The lowest BCUT2D eigenvalue weighted by molar-refractivity contribution is 0.0996. The van der Waals surface area contributed by atoms with Crippen molar-refractivity contribution in [3.05, 3.63) is 35.4 Å². The van der Waals surface area contributed by atoms with Gasteiger partial charge >= 0.3 is 0 Å². The molecule has 18 heavy (non-hydrogen) atoms. The fourth-order valence-electron chi connectivity index (χ4n) is 2.61. The Morgan fingerprint density at radius 3 is 2.56 bits per heavy atom. The number of hydrogen-bond acceptors (Lipinski definition) is 3. The number of ether oxygens (including phenoxy) is 1. The summed E-state index contributed by atoms with van der Waals surface area (Å²) in [6, 6.07) is 8.96. The van der Waals surface area contributed by atoms with E-state index in [0.29, 0.717) is 12.1 Å². The molecule has 0 aliphatic carbocycles.